The molecular formula is C16H16O4S2. The van der Waals surface area contributed by atoms with E-state index in [-0.39, 0.29) is 0 Å². The van der Waals surface area contributed by atoms with Crippen molar-refractivity contribution >= 4 is 23.5 Å². The number of rotatable bonds is 4. The summed E-state index contributed by atoms with van der Waals surface area (Å²) in [5.41, 5.74) is 0. The second-order valence-electron chi connectivity index (χ2n) is 4.49. The molecule has 2 aromatic carbocycles. The SMILES string of the molecule is COc1cc2c(cc1OC)Sc1c(ccc(OC)c1OC)S2. The topological polar surface area (TPSA) is 36.9 Å². The molecule has 1 heterocycles. The Bertz CT molecular complexity index is 714. The van der Waals surface area contributed by atoms with Gasteiger partial charge < -0.3 is 18.9 Å². The predicted octanol–water partition coefficient (Wildman–Crippen LogP) is 4.34. The van der Waals surface area contributed by atoms with Crippen molar-refractivity contribution in [3.05, 3.63) is 24.3 Å². The first kappa shape index (κ1) is 15.2. The molecular weight excluding hydrogens is 320 g/mol. The molecule has 1 aliphatic heterocycles. The summed E-state index contributed by atoms with van der Waals surface area (Å²) in [5.74, 6) is 2.95. The average Bonchev–Trinajstić information content (AvgIpc) is 2.57. The van der Waals surface area contributed by atoms with E-state index in [9.17, 15) is 0 Å². The van der Waals surface area contributed by atoms with Crippen molar-refractivity contribution in [2.24, 2.45) is 0 Å². The Morgan fingerprint density at radius 2 is 1.23 bits per heavy atom. The summed E-state index contributed by atoms with van der Waals surface area (Å²) in [4.78, 5) is 4.46. The number of hydrogen-bond acceptors (Lipinski definition) is 6. The van der Waals surface area contributed by atoms with Crippen LogP contribution in [-0.2, 0) is 0 Å². The van der Waals surface area contributed by atoms with Gasteiger partial charge in [-0.3, -0.25) is 0 Å². The zero-order valence-electron chi connectivity index (χ0n) is 12.8. The normalized spacial score (nSPS) is 12.2. The van der Waals surface area contributed by atoms with E-state index < -0.39 is 0 Å². The fraction of sp³-hybridized carbons (Fsp3) is 0.250. The first-order valence-electron chi connectivity index (χ1n) is 6.58. The minimum atomic E-state index is 0.722. The van der Waals surface area contributed by atoms with Crippen LogP contribution in [0.1, 0.15) is 0 Å². The molecule has 0 bridgehead atoms. The molecule has 3 rings (SSSR count). The molecule has 0 unspecified atom stereocenters. The minimum Gasteiger partial charge on any atom is -0.493 e. The average molecular weight is 336 g/mol. The number of hydrogen-bond donors (Lipinski definition) is 0. The highest BCUT2D eigenvalue weighted by molar-refractivity contribution is 8.05. The van der Waals surface area contributed by atoms with Crippen LogP contribution < -0.4 is 18.9 Å². The van der Waals surface area contributed by atoms with Gasteiger partial charge in [0.2, 0.25) is 0 Å². The monoisotopic (exact) mass is 336 g/mol. The fourth-order valence-corrected chi connectivity index (χ4v) is 4.66. The first-order chi connectivity index (χ1) is 10.7. The van der Waals surface area contributed by atoms with Crippen molar-refractivity contribution in [3.8, 4) is 23.0 Å². The van der Waals surface area contributed by atoms with Crippen LogP contribution in [0.2, 0.25) is 0 Å². The van der Waals surface area contributed by atoms with Gasteiger partial charge in [-0.15, -0.1) is 0 Å². The maximum absolute atomic E-state index is 5.54. The predicted molar refractivity (Wildman–Crippen MR) is 87.3 cm³/mol. The summed E-state index contributed by atoms with van der Waals surface area (Å²) in [6.45, 7) is 0. The molecule has 0 saturated carbocycles. The standard InChI is InChI=1S/C16H16O4S2/c1-17-9-5-6-12-16(15(9)20-4)22-14-8-11(19-3)10(18-2)7-13(14)21-12/h5-8H,1-4H3. The molecule has 1 aliphatic rings. The quantitative estimate of drug-likeness (QED) is 0.705. The van der Waals surface area contributed by atoms with Gasteiger partial charge in [0.1, 0.15) is 0 Å². The van der Waals surface area contributed by atoms with Crippen molar-refractivity contribution in [2.75, 3.05) is 28.4 Å². The molecule has 0 N–H and O–H groups in total. The van der Waals surface area contributed by atoms with E-state index >= 15 is 0 Å². The second-order valence-corrected chi connectivity index (χ2v) is 6.62. The van der Waals surface area contributed by atoms with Crippen LogP contribution in [0.15, 0.2) is 43.8 Å². The third-order valence-electron chi connectivity index (χ3n) is 3.35. The largest absolute Gasteiger partial charge is 0.493 e. The van der Waals surface area contributed by atoms with Gasteiger partial charge in [-0.1, -0.05) is 23.5 Å². The van der Waals surface area contributed by atoms with Gasteiger partial charge in [0.25, 0.3) is 0 Å². The zero-order valence-corrected chi connectivity index (χ0v) is 14.4. The molecule has 116 valence electrons. The molecule has 0 fully saturated rings. The summed E-state index contributed by atoms with van der Waals surface area (Å²) in [5, 5.41) is 0. The number of ether oxygens (including phenoxy) is 4. The summed E-state index contributed by atoms with van der Waals surface area (Å²) >= 11 is 3.34. The number of fused-ring (bicyclic) bond motifs is 2. The van der Waals surface area contributed by atoms with Gasteiger partial charge in [-0.2, -0.15) is 0 Å². The van der Waals surface area contributed by atoms with E-state index in [2.05, 4.69) is 0 Å². The lowest BCUT2D eigenvalue weighted by atomic mass is 10.3. The van der Waals surface area contributed by atoms with Gasteiger partial charge >= 0.3 is 0 Å². The van der Waals surface area contributed by atoms with Crippen LogP contribution in [0.3, 0.4) is 0 Å². The Morgan fingerprint density at radius 3 is 1.77 bits per heavy atom. The van der Waals surface area contributed by atoms with E-state index in [1.165, 1.54) is 0 Å². The van der Waals surface area contributed by atoms with Crippen LogP contribution >= 0.6 is 23.5 Å². The highest BCUT2D eigenvalue weighted by Gasteiger charge is 2.25. The molecule has 4 nitrogen and oxygen atoms in total. The molecule has 0 saturated heterocycles. The Labute approximate surface area is 138 Å². The highest BCUT2D eigenvalue weighted by Crippen LogP contribution is 2.55. The molecule has 0 aromatic heterocycles. The number of benzene rings is 2. The Hall–Kier alpha value is -1.66. The van der Waals surface area contributed by atoms with Crippen molar-refractivity contribution in [1.82, 2.24) is 0 Å². The van der Waals surface area contributed by atoms with E-state index in [1.807, 2.05) is 24.3 Å². The second kappa shape index (κ2) is 6.22. The van der Waals surface area contributed by atoms with Gasteiger partial charge in [0.05, 0.1) is 33.3 Å². The lowest BCUT2D eigenvalue weighted by Crippen LogP contribution is -1.98. The molecule has 22 heavy (non-hydrogen) atoms. The van der Waals surface area contributed by atoms with Crippen molar-refractivity contribution in [3.63, 3.8) is 0 Å². The smallest absolute Gasteiger partial charge is 0.175 e. The van der Waals surface area contributed by atoms with Crippen molar-refractivity contribution in [1.29, 1.82) is 0 Å². The summed E-state index contributed by atoms with van der Waals surface area (Å²) in [6.07, 6.45) is 0. The van der Waals surface area contributed by atoms with Crippen molar-refractivity contribution in [2.45, 2.75) is 19.6 Å². The van der Waals surface area contributed by atoms with Crippen molar-refractivity contribution < 1.29 is 18.9 Å². The van der Waals surface area contributed by atoms with Crippen LogP contribution in [0.5, 0.6) is 23.0 Å². The summed E-state index contributed by atoms with van der Waals surface area (Å²) in [7, 11) is 6.59. The lowest BCUT2D eigenvalue weighted by Gasteiger charge is -2.23. The van der Waals surface area contributed by atoms with E-state index in [1.54, 1.807) is 52.0 Å². The fourth-order valence-electron chi connectivity index (χ4n) is 2.29. The zero-order chi connectivity index (χ0) is 15.7. The first-order valence-corrected chi connectivity index (χ1v) is 8.21. The molecule has 0 spiro atoms. The number of methoxy groups -OCH3 is 4. The van der Waals surface area contributed by atoms with Crippen LogP contribution in [-0.4, -0.2) is 28.4 Å². The third kappa shape index (κ3) is 2.46. The molecule has 0 aliphatic carbocycles. The van der Waals surface area contributed by atoms with E-state index in [0.717, 1.165) is 42.6 Å². The third-order valence-corrected chi connectivity index (χ3v) is 5.89. The molecule has 6 heteroatoms. The van der Waals surface area contributed by atoms with E-state index in [0.29, 0.717) is 0 Å². The van der Waals surface area contributed by atoms with Crippen LogP contribution in [0.25, 0.3) is 0 Å². The van der Waals surface area contributed by atoms with Gasteiger partial charge in [-0.05, 0) is 24.3 Å². The summed E-state index contributed by atoms with van der Waals surface area (Å²) < 4.78 is 21.7. The molecule has 0 amide bonds. The van der Waals surface area contributed by atoms with Crippen LogP contribution in [0.4, 0.5) is 0 Å². The Kier molecular flexibility index (Phi) is 4.31. The van der Waals surface area contributed by atoms with Crippen LogP contribution in [0, 0.1) is 0 Å². The maximum atomic E-state index is 5.54. The molecule has 2 aromatic rings. The van der Waals surface area contributed by atoms with Gasteiger partial charge in [0, 0.05) is 14.7 Å². The maximum Gasteiger partial charge on any atom is 0.175 e. The van der Waals surface area contributed by atoms with E-state index in [4.69, 9.17) is 18.9 Å². The minimum absolute atomic E-state index is 0.722. The molecule has 0 atom stereocenters. The van der Waals surface area contributed by atoms with Gasteiger partial charge in [-0.25, -0.2) is 0 Å². The molecule has 0 radical (unpaired) electrons. The Morgan fingerprint density at radius 1 is 0.636 bits per heavy atom. The lowest BCUT2D eigenvalue weighted by molar-refractivity contribution is 0.346. The van der Waals surface area contributed by atoms with Gasteiger partial charge in [0.15, 0.2) is 23.0 Å². The summed E-state index contributed by atoms with van der Waals surface area (Å²) in [6, 6.07) is 7.98. The Balaban J connectivity index is 2.10. The highest BCUT2D eigenvalue weighted by atomic mass is 32.2.